The summed E-state index contributed by atoms with van der Waals surface area (Å²) in [6.07, 6.45) is 6.39. The number of hydrogen-bond donors (Lipinski definition) is 3. The van der Waals surface area contributed by atoms with Crippen LogP contribution in [0.2, 0.25) is 0 Å². The minimum absolute atomic E-state index is 0. The number of carbonyl (C=O) groups is 1. The molecule has 2 rings (SSSR count). The number of ether oxygens (including phenoxy) is 1. The van der Waals surface area contributed by atoms with Crippen LogP contribution in [0, 0.1) is 0 Å². The van der Waals surface area contributed by atoms with Gasteiger partial charge in [-0.05, 0) is 30.5 Å². The minimum Gasteiger partial charge on any atom is -0.484 e. The lowest BCUT2D eigenvalue weighted by molar-refractivity contribution is -0.119. The summed E-state index contributed by atoms with van der Waals surface area (Å²) >= 11 is 0. The third kappa shape index (κ3) is 6.89. The van der Waals surface area contributed by atoms with Crippen molar-refractivity contribution < 1.29 is 9.53 Å². The molecule has 0 aromatic heterocycles. The van der Waals surface area contributed by atoms with Gasteiger partial charge in [-0.1, -0.05) is 24.3 Å². The molecule has 0 unspecified atom stereocenters. The lowest BCUT2D eigenvalue weighted by Gasteiger charge is -2.17. The predicted molar refractivity (Wildman–Crippen MR) is 102 cm³/mol. The molecule has 0 heterocycles. The molecule has 4 N–H and O–H groups in total. The quantitative estimate of drug-likeness (QED) is 0.277. The highest BCUT2D eigenvalue weighted by Crippen LogP contribution is 2.13. The van der Waals surface area contributed by atoms with E-state index >= 15 is 0 Å². The van der Waals surface area contributed by atoms with Gasteiger partial charge in [0.05, 0.1) is 0 Å². The van der Waals surface area contributed by atoms with Gasteiger partial charge >= 0.3 is 0 Å². The van der Waals surface area contributed by atoms with Gasteiger partial charge in [-0.15, -0.1) is 24.0 Å². The van der Waals surface area contributed by atoms with E-state index in [-0.39, 0.29) is 30.6 Å². The summed E-state index contributed by atoms with van der Waals surface area (Å²) in [4.78, 5) is 15.0. The first kappa shape index (κ1) is 19.3. The second-order valence-corrected chi connectivity index (χ2v) is 5.11. The Hall–Kier alpha value is -1.77. The number of carbonyl (C=O) groups excluding carboxylic acids is 1. The molecule has 0 radical (unpaired) electrons. The number of guanidine groups is 1. The molecule has 0 fully saturated rings. The molecule has 7 heteroatoms. The Morgan fingerprint density at radius 1 is 1.39 bits per heavy atom. The topological polar surface area (TPSA) is 88.7 Å². The van der Waals surface area contributed by atoms with Gasteiger partial charge in [0.15, 0.2) is 12.6 Å². The Morgan fingerprint density at radius 2 is 2.13 bits per heavy atom. The summed E-state index contributed by atoms with van der Waals surface area (Å²) in [5, 5.41) is 6.64. The van der Waals surface area contributed by atoms with Gasteiger partial charge in [0.1, 0.15) is 5.75 Å². The number of benzene rings is 1. The van der Waals surface area contributed by atoms with E-state index in [1.54, 1.807) is 13.1 Å². The monoisotopic (exact) mass is 430 g/mol. The number of nitrogens with zero attached hydrogens (tertiary/aromatic N) is 1. The molecule has 0 spiro atoms. The molecule has 1 amide bonds. The van der Waals surface area contributed by atoms with Crippen LogP contribution in [0.25, 0.3) is 0 Å². The fourth-order valence-electron chi connectivity index (χ4n) is 2.21. The van der Waals surface area contributed by atoms with Crippen LogP contribution in [0.15, 0.2) is 41.4 Å². The summed E-state index contributed by atoms with van der Waals surface area (Å²) in [6, 6.07) is 7.94. The second-order valence-electron chi connectivity index (χ2n) is 5.11. The normalized spacial score (nSPS) is 14.2. The number of halogens is 1. The van der Waals surface area contributed by atoms with Gasteiger partial charge in [-0.2, -0.15) is 0 Å². The zero-order valence-electron chi connectivity index (χ0n) is 13.1. The zero-order chi connectivity index (χ0) is 15.8. The highest BCUT2D eigenvalue weighted by atomic mass is 127. The molecular weight excluding hydrogens is 407 g/mol. The zero-order valence-corrected chi connectivity index (χ0v) is 15.4. The first-order chi connectivity index (χ1) is 10.7. The van der Waals surface area contributed by atoms with E-state index in [2.05, 4.69) is 27.8 Å². The SMILES string of the molecule is CN=C(NCc1cccc(OCC(N)=O)c1)NC1CC=CC1.I. The van der Waals surface area contributed by atoms with Crippen LogP contribution in [0.4, 0.5) is 0 Å². The van der Waals surface area contributed by atoms with Crippen LogP contribution in [-0.2, 0) is 11.3 Å². The first-order valence-corrected chi connectivity index (χ1v) is 7.29. The van der Waals surface area contributed by atoms with Crippen LogP contribution in [0.1, 0.15) is 18.4 Å². The maximum Gasteiger partial charge on any atom is 0.255 e. The molecule has 0 atom stereocenters. The van der Waals surface area contributed by atoms with Crippen molar-refractivity contribution in [2.75, 3.05) is 13.7 Å². The second kappa shape index (κ2) is 10.1. The average Bonchev–Trinajstić information content (AvgIpc) is 3.03. The molecule has 1 aromatic rings. The van der Waals surface area contributed by atoms with Crippen molar-refractivity contribution in [2.24, 2.45) is 10.7 Å². The van der Waals surface area contributed by atoms with Crippen molar-refractivity contribution in [3.8, 4) is 5.75 Å². The number of amides is 1. The number of hydrogen-bond acceptors (Lipinski definition) is 3. The van der Waals surface area contributed by atoms with Gasteiger partial charge in [-0.25, -0.2) is 0 Å². The van der Waals surface area contributed by atoms with Crippen LogP contribution in [-0.4, -0.2) is 31.6 Å². The summed E-state index contributed by atoms with van der Waals surface area (Å²) in [5.74, 6) is 0.913. The van der Waals surface area contributed by atoms with Crippen molar-refractivity contribution in [3.63, 3.8) is 0 Å². The van der Waals surface area contributed by atoms with E-state index in [1.165, 1.54) is 0 Å². The molecule has 0 aliphatic heterocycles. The molecule has 0 saturated heterocycles. The molecule has 1 aliphatic rings. The summed E-state index contributed by atoms with van der Waals surface area (Å²) in [7, 11) is 1.75. The van der Waals surface area contributed by atoms with Crippen LogP contribution >= 0.6 is 24.0 Å². The maximum absolute atomic E-state index is 10.7. The Bertz CT molecular complexity index is 567. The van der Waals surface area contributed by atoms with Crippen LogP contribution in [0.5, 0.6) is 5.75 Å². The van der Waals surface area contributed by atoms with E-state index in [1.807, 2.05) is 18.2 Å². The van der Waals surface area contributed by atoms with Crippen molar-refractivity contribution in [2.45, 2.75) is 25.4 Å². The lowest BCUT2D eigenvalue weighted by Crippen LogP contribution is -2.42. The third-order valence-electron chi connectivity index (χ3n) is 3.31. The molecule has 126 valence electrons. The molecule has 6 nitrogen and oxygen atoms in total. The summed E-state index contributed by atoms with van der Waals surface area (Å²) < 4.78 is 5.29. The fourth-order valence-corrected chi connectivity index (χ4v) is 2.21. The summed E-state index contributed by atoms with van der Waals surface area (Å²) in [6.45, 7) is 0.502. The van der Waals surface area contributed by atoms with E-state index in [4.69, 9.17) is 10.5 Å². The highest BCUT2D eigenvalue weighted by Gasteiger charge is 2.11. The number of aliphatic imine (C=N–C) groups is 1. The summed E-state index contributed by atoms with van der Waals surface area (Å²) in [5.41, 5.74) is 6.10. The first-order valence-electron chi connectivity index (χ1n) is 7.29. The largest absolute Gasteiger partial charge is 0.484 e. The van der Waals surface area contributed by atoms with Gasteiger partial charge in [0, 0.05) is 19.6 Å². The Balaban J connectivity index is 0.00000264. The van der Waals surface area contributed by atoms with Crippen molar-refractivity contribution >= 4 is 35.8 Å². The molecular formula is C16H23IN4O2. The number of primary amides is 1. The molecule has 0 saturated carbocycles. The van der Waals surface area contributed by atoms with Crippen molar-refractivity contribution in [3.05, 3.63) is 42.0 Å². The van der Waals surface area contributed by atoms with Crippen molar-refractivity contribution in [1.82, 2.24) is 10.6 Å². The molecule has 1 aliphatic carbocycles. The smallest absolute Gasteiger partial charge is 0.255 e. The van der Waals surface area contributed by atoms with E-state index in [0.717, 1.165) is 24.4 Å². The number of rotatable bonds is 6. The van der Waals surface area contributed by atoms with Gasteiger partial charge in [0.25, 0.3) is 5.91 Å². The number of nitrogens with two attached hydrogens (primary N) is 1. The Kier molecular flexibility index (Phi) is 8.46. The average molecular weight is 430 g/mol. The molecule has 1 aromatic carbocycles. The van der Waals surface area contributed by atoms with E-state index in [9.17, 15) is 4.79 Å². The van der Waals surface area contributed by atoms with Crippen LogP contribution < -0.4 is 21.1 Å². The lowest BCUT2D eigenvalue weighted by atomic mass is 10.2. The molecule has 23 heavy (non-hydrogen) atoms. The molecule has 0 bridgehead atoms. The standard InChI is InChI=1S/C16H22N4O2.HI/c1-18-16(20-13-6-2-3-7-13)19-10-12-5-4-8-14(9-12)22-11-15(17)21;/h2-5,8-9,13H,6-7,10-11H2,1H3,(H2,17,21)(H2,18,19,20);1H. The fraction of sp³-hybridized carbons (Fsp3) is 0.375. The van der Waals surface area contributed by atoms with Gasteiger partial charge < -0.3 is 21.1 Å². The maximum atomic E-state index is 10.7. The Labute approximate surface area is 153 Å². The minimum atomic E-state index is -0.488. The van der Waals surface area contributed by atoms with E-state index in [0.29, 0.717) is 18.3 Å². The van der Waals surface area contributed by atoms with Gasteiger partial charge in [-0.3, -0.25) is 9.79 Å². The van der Waals surface area contributed by atoms with Crippen LogP contribution in [0.3, 0.4) is 0 Å². The van der Waals surface area contributed by atoms with Crippen molar-refractivity contribution in [1.29, 1.82) is 0 Å². The van der Waals surface area contributed by atoms with E-state index < -0.39 is 5.91 Å². The predicted octanol–water partition coefficient (Wildman–Crippen LogP) is 1.55. The third-order valence-corrected chi connectivity index (χ3v) is 3.31. The van der Waals surface area contributed by atoms with Gasteiger partial charge in [0.2, 0.25) is 0 Å². The Morgan fingerprint density at radius 3 is 2.78 bits per heavy atom. The number of nitrogens with one attached hydrogen (secondary N) is 2. The highest BCUT2D eigenvalue weighted by molar-refractivity contribution is 14.0.